The molecular weight excluding hydrogens is 256 g/mol. The van der Waals surface area contributed by atoms with Crippen molar-refractivity contribution in [1.82, 2.24) is 4.90 Å². The van der Waals surface area contributed by atoms with Crippen LogP contribution in [-0.2, 0) is 22.6 Å². The molecule has 1 aliphatic heterocycles. The lowest BCUT2D eigenvalue weighted by Gasteiger charge is -2.21. The molecule has 0 fully saturated rings. The molecule has 0 aliphatic carbocycles. The zero-order chi connectivity index (χ0) is 14.5. The Hall–Kier alpha value is -1.88. The zero-order valence-corrected chi connectivity index (χ0v) is 11.4. The average molecular weight is 276 g/mol. The fraction of sp³-hybridized carbons (Fsp3) is 0.467. The summed E-state index contributed by atoms with van der Waals surface area (Å²) in [5.41, 5.74) is 7.91. The molecule has 1 heterocycles. The van der Waals surface area contributed by atoms with E-state index in [0.717, 1.165) is 19.4 Å². The second-order valence-corrected chi connectivity index (χ2v) is 5.17. The first-order chi connectivity index (χ1) is 9.58. The van der Waals surface area contributed by atoms with E-state index in [0.29, 0.717) is 6.54 Å². The van der Waals surface area contributed by atoms with Gasteiger partial charge in [0.05, 0.1) is 0 Å². The summed E-state index contributed by atoms with van der Waals surface area (Å²) in [6.07, 6.45) is 2.30. The first-order valence-electron chi connectivity index (χ1n) is 6.91. The number of hydrogen-bond acceptors (Lipinski definition) is 3. The van der Waals surface area contributed by atoms with Crippen molar-refractivity contribution in [1.29, 1.82) is 0 Å². The van der Waals surface area contributed by atoms with Crippen LogP contribution in [0.3, 0.4) is 0 Å². The number of carboxylic acid groups (broad SMARTS) is 1. The van der Waals surface area contributed by atoms with Gasteiger partial charge in [0.2, 0.25) is 5.91 Å². The first-order valence-corrected chi connectivity index (χ1v) is 6.91. The van der Waals surface area contributed by atoms with Gasteiger partial charge in [-0.15, -0.1) is 0 Å². The lowest BCUT2D eigenvalue weighted by atomic mass is 10.0. The third-order valence-corrected chi connectivity index (χ3v) is 3.69. The van der Waals surface area contributed by atoms with Gasteiger partial charge >= 0.3 is 5.97 Å². The van der Waals surface area contributed by atoms with E-state index in [-0.39, 0.29) is 18.7 Å². The van der Waals surface area contributed by atoms with E-state index in [1.165, 1.54) is 11.1 Å². The summed E-state index contributed by atoms with van der Waals surface area (Å²) in [5.74, 6) is -1.07. The van der Waals surface area contributed by atoms with Crippen LogP contribution in [0.15, 0.2) is 24.3 Å². The van der Waals surface area contributed by atoms with Crippen molar-refractivity contribution in [2.75, 3.05) is 6.54 Å². The number of fused-ring (bicyclic) bond motifs is 1. The van der Waals surface area contributed by atoms with Crippen molar-refractivity contribution in [2.45, 2.75) is 38.3 Å². The van der Waals surface area contributed by atoms with Crippen LogP contribution in [-0.4, -0.2) is 34.5 Å². The molecule has 108 valence electrons. The van der Waals surface area contributed by atoms with E-state index in [4.69, 9.17) is 10.8 Å². The number of carbonyl (C=O) groups excluding carboxylic acids is 1. The predicted octanol–water partition coefficient (Wildman–Crippen LogP) is 1.15. The molecule has 1 amide bonds. The normalized spacial score (nSPS) is 16.1. The van der Waals surface area contributed by atoms with E-state index < -0.39 is 12.0 Å². The van der Waals surface area contributed by atoms with Crippen LogP contribution in [0.2, 0.25) is 0 Å². The Labute approximate surface area is 118 Å². The van der Waals surface area contributed by atoms with E-state index >= 15 is 0 Å². The average Bonchev–Trinajstić information content (AvgIpc) is 2.66. The van der Waals surface area contributed by atoms with Gasteiger partial charge in [-0.25, -0.2) is 0 Å². The number of nitrogens with zero attached hydrogens (tertiary/aromatic N) is 1. The van der Waals surface area contributed by atoms with Gasteiger partial charge in [-0.1, -0.05) is 24.3 Å². The number of nitrogens with two attached hydrogens (primary N) is 1. The molecule has 2 rings (SSSR count). The molecule has 3 N–H and O–H groups in total. The molecule has 0 radical (unpaired) electrons. The summed E-state index contributed by atoms with van der Waals surface area (Å²) in [7, 11) is 0. The molecule has 0 saturated heterocycles. The lowest BCUT2D eigenvalue weighted by Crippen LogP contribution is -2.35. The van der Waals surface area contributed by atoms with Crippen molar-refractivity contribution in [3.63, 3.8) is 0 Å². The van der Waals surface area contributed by atoms with Crippen molar-refractivity contribution in [3.8, 4) is 0 Å². The highest BCUT2D eigenvalue weighted by Crippen LogP contribution is 2.19. The minimum atomic E-state index is -1.06. The highest BCUT2D eigenvalue weighted by Gasteiger charge is 2.20. The van der Waals surface area contributed by atoms with E-state index in [1.807, 2.05) is 18.2 Å². The number of aryl methyl sites for hydroxylation is 1. The third kappa shape index (κ3) is 3.57. The van der Waals surface area contributed by atoms with E-state index in [1.54, 1.807) is 4.90 Å². The van der Waals surface area contributed by atoms with Gasteiger partial charge in [0, 0.05) is 19.5 Å². The number of hydrogen-bond donors (Lipinski definition) is 2. The number of benzene rings is 1. The van der Waals surface area contributed by atoms with Crippen molar-refractivity contribution in [2.24, 2.45) is 5.73 Å². The van der Waals surface area contributed by atoms with Crippen LogP contribution >= 0.6 is 0 Å². The number of carboxylic acids is 1. The summed E-state index contributed by atoms with van der Waals surface area (Å²) in [4.78, 5) is 24.6. The van der Waals surface area contributed by atoms with Crippen LogP contribution in [0.1, 0.15) is 30.4 Å². The van der Waals surface area contributed by atoms with Gasteiger partial charge in [0.1, 0.15) is 6.04 Å². The Morgan fingerprint density at radius 2 is 2.00 bits per heavy atom. The SMILES string of the molecule is NC(CCC(=O)N1CCCc2ccccc2C1)C(=O)O. The molecule has 0 spiro atoms. The fourth-order valence-electron chi connectivity index (χ4n) is 2.47. The summed E-state index contributed by atoms with van der Waals surface area (Å²) >= 11 is 0. The summed E-state index contributed by atoms with van der Waals surface area (Å²) in [6, 6.07) is 7.18. The van der Waals surface area contributed by atoms with Crippen LogP contribution < -0.4 is 5.73 Å². The number of amides is 1. The van der Waals surface area contributed by atoms with Crippen LogP contribution in [0.25, 0.3) is 0 Å². The molecule has 5 heteroatoms. The number of rotatable bonds is 4. The standard InChI is InChI=1S/C15H20N2O3/c16-13(15(19)20)7-8-14(18)17-9-3-6-11-4-1-2-5-12(11)10-17/h1-2,4-5,13H,3,6-10,16H2,(H,19,20). The smallest absolute Gasteiger partial charge is 0.320 e. The third-order valence-electron chi connectivity index (χ3n) is 3.69. The Morgan fingerprint density at radius 3 is 2.70 bits per heavy atom. The second kappa shape index (κ2) is 6.52. The second-order valence-electron chi connectivity index (χ2n) is 5.17. The molecule has 0 bridgehead atoms. The summed E-state index contributed by atoms with van der Waals surface area (Å²) in [5, 5.41) is 8.73. The Bertz CT molecular complexity index is 502. The van der Waals surface area contributed by atoms with Crippen LogP contribution in [0.5, 0.6) is 0 Å². The topological polar surface area (TPSA) is 83.6 Å². The van der Waals surface area contributed by atoms with Gasteiger partial charge in [-0.2, -0.15) is 0 Å². The highest BCUT2D eigenvalue weighted by molar-refractivity contribution is 5.78. The molecule has 5 nitrogen and oxygen atoms in total. The van der Waals surface area contributed by atoms with Gasteiger partial charge in [0.25, 0.3) is 0 Å². The maximum Gasteiger partial charge on any atom is 0.320 e. The number of aliphatic carboxylic acids is 1. The number of carbonyl (C=O) groups is 2. The fourth-order valence-corrected chi connectivity index (χ4v) is 2.47. The molecule has 1 unspecified atom stereocenters. The maximum absolute atomic E-state index is 12.2. The van der Waals surface area contributed by atoms with Crippen molar-refractivity contribution < 1.29 is 14.7 Å². The molecule has 0 aromatic heterocycles. The monoisotopic (exact) mass is 276 g/mol. The summed E-state index contributed by atoms with van der Waals surface area (Å²) < 4.78 is 0. The lowest BCUT2D eigenvalue weighted by molar-refractivity contribution is -0.139. The molecular formula is C15H20N2O3. The molecule has 1 atom stereocenters. The van der Waals surface area contributed by atoms with Gasteiger partial charge < -0.3 is 15.7 Å². The van der Waals surface area contributed by atoms with E-state index in [2.05, 4.69) is 6.07 Å². The Balaban J connectivity index is 1.96. The van der Waals surface area contributed by atoms with Crippen molar-refractivity contribution in [3.05, 3.63) is 35.4 Å². The van der Waals surface area contributed by atoms with E-state index in [9.17, 15) is 9.59 Å². The minimum Gasteiger partial charge on any atom is -0.480 e. The Kier molecular flexibility index (Phi) is 4.74. The molecule has 1 aromatic carbocycles. The Morgan fingerprint density at radius 1 is 1.30 bits per heavy atom. The largest absolute Gasteiger partial charge is 0.480 e. The molecule has 0 saturated carbocycles. The highest BCUT2D eigenvalue weighted by atomic mass is 16.4. The van der Waals surface area contributed by atoms with Crippen LogP contribution in [0.4, 0.5) is 0 Å². The molecule has 20 heavy (non-hydrogen) atoms. The van der Waals surface area contributed by atoms with Gasteiger partial charge in [-0.3, -0.25) is 9.59 Å². The van der Waals surface area contributed by atoms with Gasteiger partial charge in [0.15, 0.2) is 0 Å². The summed E-state index contributed by atoms with van der Waals surface area (Å²) in [6.45, 7) is 1.33. The van der Waals surface area contributed by atoms with Crippen molar-refractivity contribution >= 4 is 11.9 Å². The quantitative estimate of drug-likeness (QED) is 0.864. The minimum absolute atomic E-state index is 0.0154. The van der Waals surface area contributed by atoms with Crippen LogP contribution in [0, 0.1) is 0 Å². The van der Waals surface area contributed by atoms with Gasteiger partial charge in [-0.05, 0) is 30.4 Å². The zero-order valence-electron chi connectivity index (χ0n) is 11.4. The predicted molar refractivity (Wildman–Crippen MR) is 75.0 cm³/mol. The molecule has 1 aromatic rings. The molecule has 1 aliphatic rings. The first kappa shape index (κ1) is 14.5. The maximum atomic E-state index is 12.2.